The molecule has 2 rings (SSSR count). The van der Waals surface area contributed by atoms with Crippen LogP contribution in [0, 0.1) is 5.92 Å². The van der Waals surface area contributed by atoms with Crippen molar-refractivity contribution in [2.45, 2.75) is 45.1 Å². The molecule has 3 unspecified atom stereocenters. The largest absolute Gasteiger partial charge is 0.472 e. The molecule has 0 spiro atoms. The van der Waals surface area contributed by atoms with E-state index < -0.39 is 0 Å². The molecule has 2 nitrogen and oxygen atoms in total. The Kier molecular flexibility index (Phi) is 3.47. The lowest BCUT2D eigenvalue weighted by atomic mass is 9.90. The van der Waals surface area contributed by atoms with Crippen LogP contribution in [-0.4, -0.2) is 12.6 Å². The van der Waals surface area contributed by atoms with Crippen LogP contribution < -0.4 is 5.32 Å². The first-order valence-electron chi connectivity index (χ1n) is 6.08. The molecular weight excluding hydrogens is 186 g/mol. The number of hydrogen-bond donors (Lipinski definition) is 1. The third-order valence-corrected chi connectivity index (χ3v) is 3.69. The minimum absolute atomic E-state index is 0.693. The summed E-state index contributed by atoms with van der Waals surface area (Å²) in [5.74, 6) is 1.42. The van der Waals surface area contributed by atoms with E-state index in [1.54, 1.807) is 6.26 Å². The summed E-state index contributed by atoms with van der Waals surface area (Å²) in [6.07, 6.45) is 7.51. The third-order valence-electron chi connectivity index (χ3n) is 3.69. The van der Waals surface area contributed by atoms with Crippen LogP contribution >= 0.6 is 0 Å². The molecule has 15 heavy (non-hydrogen) atoms. The molecule has 1 saturated carbocycles. The third kappa shape index (κ3) is 2.25. The van der Waals surface area contributed by atoms with Gasteiger partial charge in [-0.15, -0.1) is 0 Å². The lowest BCUT2D eigenvalue weighted by molar-refractivity contribution is 0.403. The van der Waals surface area contributed by atoms with E-state index in [1.165, 1.54) is 24.8 Å². The Morgan fingerprint density at radius 2 is 2.33 bits per heavy atom. The van der Waals surface area contributed by atoms with Gasteiger partial charge in [-0.05, 0) is 49.3 Å². The van der Waals surface area contributed by atoms with Crippen LogP contribution in [0.15, 0.2) is 23.0 Å². The fourth-order valence-electron chi connectivity index (χ4n) is 2.74. The Morgan fingerprint density at radius 1 is 1.47 bits per heavy atom. The summed E-state index contributed by atoms with van der Waals surface area (Å²) in [5, 5.41) is 3.64. The molecule has 0 saturated heterocycles. The Morgan fingerprint density at radius 3 is 3.00 bits per heavy atom. The summed E-state index contributed by atoms with van der Waals surface area (Å²) in [4.78, 5) is 0. The molecule has 2 heteroatoms. The van der Waals surface area contributed by atoms with Crippen molar-refractivity contribution < 1.29 is 4.42 Å². The molecule has 1 heterocycles. The standard InChI is InChI=1S/C13H21NO/c1-3-7-14-13-5-4-12(10(13)2)11-6-8-15-9-11/h6,8-10,12-14H,3-5,7H2,1-2H3. The zero-order valence-corrected chi connectivity index (χ0v) is 9.70. The summed E-state index contributed by atoms with van der Waals surface area (Å²) in [7, 11) is 0. The van der Waals surface area contributed by atoms with E-state index in [1.807, 2.05) is 6.26 Å². The Bertz CT molecular complexity index is 281. The van der Waals surface area contributed by atoms with Gasteiger partial charge in [-0.1, -0.05) is 13.8 Å². The van der Waals surface area contributed by atoms with E-state index in [0.29, 0.717) is 12.0 Å². The van der Waals surface area contributed by atoms with E-state index in [4.69, 9.17) is 4.42 Å². The molecule has 0 aliphatic heterocycles. The molecule has 1 aliphatic rings. The van der Waals surface area contributed by atoms with Crippen molar-refractivity contribution in [3.8, 4) is 0 Å². The molecule has 3 atom stereocenters. The smallest absolute Gasteiger partial charge is 0.0937 e. The van der Waals surface area contributed by atoms with Crippen molar-refractivity contribution in [3.05, 3.63) is 24.2 Å². The van der Waals surface area contributed by atoms with Crippen molar-refractivity contribution in [1.29, 1.82) is 0 Å². The SMILES string of the molecule is CCCNC1CCC(c2ccoc2)C1C. The zero-order chi connectivity index (χ0) is 10.7. The Hall–Kier alpha value is -0.760. The molecule has 84 valence electrons. The monoisotopic (exact) mass is 207 g/mol. The number of nitrogens with one attached hydrogen (secondary N) is 1. The fourth-order valence-corrected chi connectivity index (χ4v) is 2.74. The maximum Gasteiger partial charge on any atom is 0.0937 e. The first kappa shape index (κ1) is 10.7. The Labute approximate surface area is 92.1 Å². The highest BCUT2D eigenvalue weighted by Crippen LogP contribution is 2.39. The molecule has 0 bridgehead atoms. The Balaban J connectivity index is 1.95. The quantitative estimate of drug-likeness (QED) is 0.820. The van der Waals surface area contributed by atoms with Gasteiger partial charge < -0.3 is 9.73 Å². The van der Waals surface area contributed by atoms with E-state index >= 15 is 0 Å². The van der Waals surface area contributed by atoms with Crippen molar-refractivity contribution in [2.24, 2.45) is 5.92 Å². The second kappa shape index (κ2) is 4.84. The van der Waals surface area contributed by atoms with Gasteiger partial charge >= 0.3 is 0 Å². The lowest BCUT2D eigenvalue weighted by Crippen LogP contribution is -2.32. The van der Waals surface area contributed by atoms with Gasteiger partial charge in [0, 0.05) is 6.04 Å². The number of furan rings is 1. The molecule has 1 fully saturated rings. The molecule has 0 amide bonds. The normalized spacial score (nSPS) is 30.9. The minimum Gasteiger partial charge on any atom is -0.472 e. The molecule has 1 aromatic heterocycles. The average Bonchev–Trinajstić information content (AvgIpc) is 2.84. The van der Waals surface area contributed by atoms with Gasteiger partial charge in [0.2, 0.25) is 0 Å². The van der Waals surface area contributed by atoms with Crippen LogP contribution in [0.1, 0.15) is 44.6 Å². The van der Waals surface area contributed by atoms with Crippen molar-refractivity contribution in [3.63, 3.8) is 0 Å². The summed E-state index contributed by atoms with van der Waals surface area (Å²) in [6.45, 7) is 5.73. The summed E-state index contributed by atoms with van der Waals surface area (Å²) in [6, 6.07) is 2.81. The first-order valence-corrected chi connectivity index (χ1v) is 6.08. The van der Waals surface area contributed by atoms with Crippen molar-refractivity contribution >= 4 is 0 Å². The van der Waals surface area contributed by atoms with Crippen LogP contribution in [0.2, 0.25) is 0 Å². The van der Waals surface area contributed by atoms with Gasteiger partial charge in [0.15, 0.2) is 0 Å². The topological polar surface area (TPSA) is 25.2 Å². The van der Waals surface area contributed by atoms with Crippen LogP contribution in [0.25, 0.3) is 0 Å². The van der Waals surface area contributed by atoms with E-state index in [0.717, 1.165) is 12.5 Å². The van der Waals surface area contributed by atoms with Gasteiger partial charge in [-0.3, -0.25) is 0 Å². The maximum absolute atomic E-state index is 5.17. The maximum atomic E-state index is 5.17. The number of rotatable bonds is 4. The predicted molar refractivity (Wildman–Crippen MR) is 61.9 cm³/mol. The second-order valence-electron chi connectivity index (χ2n) is 4.66. The lowest BCUT2D eigenvalue weighted by Gasteiger charge is -2.20. The summed E-state index contributed by atoms with van der Waals surface area (Å²) < 4.78 is 5.17. The summed E-state index contributed by atoms with van der Waals surface area (Å²) in [5.41, 5.74) is 1.38. The highest BCUT2D eigenvalue weighted by Gasteiger charge is 2.33. The fraction of sp³-hybridized carbons (Fsp3) is 0.692. The minimum atomic E-state index is 0.693. The molecular formula is C13H21NO. The molecule has 1 aromatic rings. The molecule has 1 aliphatic carbocycles. The first-order chi connectivity index (χ1) is 7.33. The van der Waals surface area contributed by atoms with Crippen LogP contribution in [0.5, 0.6) is 0 Å². The molecule has 0 aromatic carbocycles. The predicted octanol–water partition coefficient (Wildman–Crippen LogP) is 3.16. The van der Waals surface area contributed by atoms with Gasteiger partial charge in [0.25, 0.3) is 0 Å². The van der Waals surface area contributed by atoms with Crippen LogP contribution in [0.3, 0.4) is 0 Å². The second-order valence-corrected chi connectivity index (χ2v) is 4.66. The molecule has 0 radical (unpaired) electrons. The van der Waals surface area contributed by atoms with Crippen LogP contribution in [0.4, 0.5) is 0 Å². The zero-order valence-electron chi connectivity index (χ0n) is 9.70. The highest BCUT2D eigenvalue weighted by molar-refractivity contribution is 5.16. The van der Waals surface area contributed by atoms with E-state index in [9.17, 15) is 0 Å². The van der Waals surface area contributed by atoms with Crippen LogP contribution in [-0.2, 0) is 0 Å². The summed E-state index contributed by atoms with van der Waals surface area (Å²) >= 11 is 0. The van der Waals surface area contributed by atoms with E-state index in [-0.39, 0.29) is 0 Å². The van der Waals surface area contributed by atoms with E-state index in [2.05, 4.69) is 25.2 Å². The van der Waals surface area contributed by atoms with Gasteiger partial charge in [0.05, 0.1) is 12.5 Å². The van der Waals surface area contributed by atoms with Crippen molar-refractivity contribution in [2.75, 3.05) is 6.54 Å². The molecule has 1 N–H and O–H groups in total. The van der Waals surface area contributed by atoms with Crippen molar-refractivity contribution in [1.82, 2.24) is 5.32 Å². The number of hydrogen-bond acceptors (Lipinski definition) is 2. The van der Waals surface area contributed by atoms with Gasteiger partial charge in [0.1, 0.15) is 0 Å². The van der Waals surface area contributed by atoms with Gasteiger partial charge in [-0.25, -0.2) is 0 Å². The highest BCUT2D eigenvalue weighted by atomic mass is 16.3. The average molecular weight is 207 g/mol. The van der Waals surface area contributed by atoms with Gasteiger partial charge in [-0.2, -0.15) is 0 Å².